The fourth-order valence-corrected chi connectivity index (χ4v) is 3.76. The third-order valence-corrected chi connectivity index (χ3v) is 5.15. The van der Waals surface area contributed by atoms with E-state index >= 15 is 0 Å². The van der Waals surface area contributed by atoms with Gasteiger partial charge >= 0.3 is 0 Å². The second kappa shape index (κ2) is 7.48. The first-order valence-corrected chi connectivity index (χ1v) is 8.94. The van der Waals surface area contributed by atoms with Crippen LogP contribution < -0.4 is 5.32 Å². The summed E-state index contributed by atoms with van der Waals surface area (Å²) in [6, 6.07) is 16.5. The van der Waals surface area contributed by atoms with Gasteiger partial charge in [-0.05, 0) is 25.0 Å². The summed E-state index contributed by atoms with van der Waals surface area (Å²) in [5, 5.41) is 24.1. The summed E-state index contributed by atoms with van der Waals surface area (Å²) in [7, 11) is 0. The summed E-state index contributed by atoms with van der Waals surface area (Å²) in [6.45, 7) is 4.45. The van der Waals surface area contributed by atoms with E-state index in [1.54, 1.807) is 19.1 Å². The minimum absolute atomic E-state index is 0.166. The van der Waals surface area contributed by atoms with Gasteiger partial charge in [-0.2, -0.15) is 0 Å². The number of aliphatic hydroxyl groups is 1. The molecular formula is C21H26N2O3. The number of aromatic hydroxyl groups is 1. The summed E-state index contributed by atoms with van der Waals surface area (Å²) >= 11 is 0. The molecule has 0 aliphatic carbocycles. The number of piperidine rings is 1. The van der Waals surface area contributed by atoms with Crippen LogP contribution >= 0.6 is 0 Å². The number of carbonyl (C=O) groups is 1. The van der Waals surface area contributed by atoms with Crippen LogP contribution in [0.15, 0.2) is 54.6 Å². The Morgan fingerprint density at radius 3 is 2.50 bits per heavy atom. The van der Waals surface area contributed by atoms with E-state index in [0.29, 0.717) is 19.5 Å². The van der Waals surface area contributed by atoms with Crippen LogP contribution in [0.5, 0.6) is 5.75 Å². The van der Waals surface area contributed by atoms with Crippen molar-refractivity contribution < 1.29 is 15.0 Å². The maximum Gasteiger partial charge on any atom is 0.217 e. The van der Waals surface area contributed by atoms with Crippen LogP contribution in [0.3, 0.4) is 0 Å². The zero-order valence-corrected chi connectivity index (χ0v) is 15.2. The first kappa shape index (κ1) is 18.4. The number of carbonyl (C=O) groups excluding carboxylic acids is 1. The van der Waals surface area contributed by atoms with E-state index in [-0.39, 0.29) is 17.7 Å². The number of phenols is 1. The van der Waals surface area contributed by atoms with Crippen LogP contribution in [0.4, 0.5) is 0 Å². The molecule has 3 unspecified atom stereocenters. The first-order valence-electron chi connectivity index (χ1n) is 8.94. The number of benzene rings is 2. The molecule has 1 fully saturated rings. The largest absolute Gasteiger partial charge is 0.508 e. The van der Waals surface area contributed by atoms with Crippen LogP contribution in [0.1, 0.15) is 37.4 Å². The van der Waals surface area contributed by atoms with Crippen LogP contribution in [0, 0.1) is 0 Å². The monoisotopic (exact) mass is 354 g/mol. The predicted octanol–water partition coefficient (Wildman–Crippen LogP) is 2.59. The van der Waals surface area contributed by atoms with Crippen molar-refractivity contribution in [2.75, 3.05) is 6.54 Å². The second-order valence-electron chi connectivity index (χ2n) is 7.24. The zero-order valence-electron chi connectivity index (χ0n) is 15.2. The molecule has 1 aliphatic heterocycles. The van der Waals surface area contributed by atoms with Gasteiger partial charge in [0.25, 0.3) is 0 Å². The Labute approximate surface area is 154 Å². The molecule has 0 saturated carbocycles. The molecule has 2 aromatic carbocycles. The van der Waals surface area contributed by atoms with E-state index in [1.807, 2.05) is 42.5 Å². The van der Waals surface area contributed by atoms with Gasteiger partial charge in [0.15, 0.2) is 0 Å². The van der Waals surface area contributed by atoms with E-state index in [9.17, 15) is 15.0 Å². The van der Waals surface area contributed by atoms with E-state index in [0.717, 1.165) is 11.1 Å². The molecule has 0 spiro atoms. The highest BCUT2D eigenvalue weighted by Crippen LogP contribution is 2.38. The van der Waals surface area contributed by atoms with E-state index < -0.39 is 11.6 Å². The number of para-hydroxylation sites is 1. The van der Waals surface area contributed by atoms with Crippen LogP contribution in [-0.4, -0.2) is 39.2 Å². The highest BCUT2D eigenvalue weighted by atomic mass is 16.3. The lowest BCUT2D eigenvalue weighted by molar-refractivity contribution is -0.126. The van der Waals surface area contributed by atoms with Crippen molar-refractivity contribution in [1.29, 1.82) is 0 Å². The molecule has 26 heavy (non-hydrogen) atoms. The molecule has 1 heterocycles. The number of likely N-dealkylation sites (tertiary alicyclic amines) is 1. The van der Waals surface area contributed by atoms with Gasteiger partial charge in [0.05, 0.1) is 17.7 Å². The van der Waals surface area contributed by atoms with E-state index in [1.165, 1.54) is 6.92 Å². The fourth-order valence-electron chi connectivity index (χ4n) is 3.76. The van der Waals surface area contributed by atoms with Crippen LogP contribution in [0.25, 0.3) is 0 Å². The molecule has 1 saturated heterocycles. The maximum absolute atomic E-state index is 11.8. The lowest BCUT2D eigenvalue weighted by atomic mass is 9.79. The maximum atomic E-state index is 11.8. The Hall–Kier alpha value is -2.37. The lowest BCUT2D eigenvalue weighted by Gasteiger charge is -2.49. The summed E-state index contributed by atoms with van der Waals surface area (Å²) in [6.07, 6.45) is 0.537. The third kappa shape index (κ3) is 3.89. The van der Waals surface area contributed by atoms with Gasteiger partial charge in [-0.1, -0.05) is 48.5 Å². The number of phenolic OH excluding ortho intramolecular Hbond substituents is 1. The molecule has 5 heteroatoms. The van der Waals surface area contributed by atoms with Crippen molar-refractivity contribution in [3.63, 3.8) is 0 Å². The molecule has 5 nitrogen and oxygen atoms in total. The predicted molar refractivity (Wildman–Crippen MR) is 101 cm³/mol. The van der Waals surface area contributed by atoms with E-state index in [2.05, 4.69) is 10.2 Å². The Kier molecular flexibility index (Phi) is 5.30. The minimum atomic E-state index is -1.01. The van der Waals surface area contributed by atoms with Crippen molar-refractivity contribution in [2.24, 2.45) is 0 Å². The average molecular weight is 354 g/mol. The lowest BCUT2D eigenvalue weighted by Crippen LogP contribution is -2.62. The third-order valence-electron chi connectivity index (χ3n) is 5.15. The number of amides is 1. The molecule has 138 valence electrons. The smallest absolute Gasteiger partial charge is 0.217 e. The summed E-state index contributed by atoms with van der Waals surface area (Å²) < 4.78 is 0. The number of nitrogens with one attached hydrogen (secondary N) is 1. The molecule has 0 aromatic heterocycles. The molecule has 3 rings (SSSR count). The highest BCUT2D eigenvalue weighted by Gasteiger charge is 2.45. The quantitative estimate of drug-likeness (QED) is 0.789. The topological polar surface area (TPSA) is 72.8 Å². The van der Waals surface area contributed by atoms with Gasteiger partial charge in [0, 0.05) is 25.6 Å². The van der Waals surface area contributed by atoms with Crippen molar-refractivity contribution in [3.8, 4) is 5.75 Å². The van der Waals surface area contributed by atoms with Crippen molar-refractivity contribution >= 4 is 5.91 Å². The second-order valence-corrected chi connectivity index (χ2v) is 7.24. The van der Waals surface area contributed by atoms with Crippen molar-refractivity contribution in [2.45, 2.75) is 44.5 Å². The number of rotatable bonds is 4. The molecule has 2 aromatic rings. The number of hydrogen-bond acceptors (Lipinski definition) is 4. The van der Waals surface area contributed by atoms with Crippen molar-refractivity contribution in [1.82, 2.24) is 10.2 Å². The van der Waals surface area contributed by atoms with Gasteiger partial charge in [0.1, 0.15) is 5.75 Å². The van der Waals surface area contributed by atoms with Crippen molar-refractivity contribution in [3.05, 3.63) is 65.7 Å². The van der Waals surface area contributed by atoms with Gasteiger partial charge in [-0.15, -0.1) is 0 Å². The van der Waals surface area contributed by atoms with E-state index in [4.69, 9.17) is 0 Å². The first-order chi connectivity index (χ1) is 12.4. The standard InChI is InChI=1S/C21H26N2O3/c1-15(24)22-20-19(16-8-4-3-5-9-16)23(13-12-21(20,2)26)14-17-10-6-7-11-18(17)25/h3-11,19-20,25-26H,12-14H2,1-2H3,(H,22,24). The Bertz CT molecular complexity index is 761. The van der Waals surface area contributed by atoms with Gasteiger partial charge < -0.3 is 15.5 Å². The summed E-state index contributed by atoms with van der Waals surface area (Å²) in [5.41, 5.74) is 0.847. The molecule has 1 amide bonds. The molecule has 0 radical (unpaired) electrons. The Morgan fingerprint density at radius 1 is 1.19 bits per heavy atom. The summed E-state index contributed by atoms with van der Waals surface area (Å²) in [4.78, 5) is 14.0. The zero-order chi connectivity index (χ0) is 18.7. The highest BCUT2D eigenvalue weighted by molar-refractivity contribution is 5.73. The fraction of sp³-hybridized carbons (Fsp3) is 0.381. The average Bonchev–Trinajstić information content (AvgIpc) is 2.60. The Balaban J connectivity index is 1.99. The molecule has 3 atom stereocenters. The van der Waals surface area contributed by atoms with Gasteiger partial charge in [0.2, 0.25) is 5.91 Å². The number of hydrogen-bond donors (Lipinski definition) is 3. The van der Waals surface area contributed by atoms with Gasteiger partial charge in [-0.25, -0.2) is 0 Å². The molecule has 0 bridgehead atoms. The molecule has 3 N–H and O–H groups in total. The summed E-state index contributed by atoms with van der Waals surface area (Å²) in [5.74, 6) is 0.0911. The molecular weight excluding hydrogens is 328 g/mol. The van der Waals surface area contributed by atoms with Crippen LogP contribution in [-0.2, 0) is 11.3 Å². The van der Waals surface area contributed by atoms with Gasteiger partial charge in [-0.3, -0.25) is 9.69 Å². The molecule has 1 aliphatic rings. The number of nitrogens with zero attached hydrogens (tertiary/aromatic N) is 1. The van der Waals surface area contributed by atoms with Crippen LogP contribution in [0.2, 0.25) is 0 Å². The SMILES string of the molecule is CC(=O)NC1C(c2ccccc2)N(Cc2ccccc2O)CCC1(C)O. The minimum Gasteiger partial charge on any atom is -0.508 e. The Morgan fingerprint density at radius 2 is 1.85 bits per heavy atom. The normalized spacial score (nSPS) is 26.4.